The van der Waals surface area contributed by atoms with Crippen molar-refractivity contribution in [3.05, 3.63) is 93.0 Å². The Bertz CT molecular complexity index is 1760. The predicted octanol–water partition coefficient (Wildman–Crippen LogP) is 6.43. The van der Waals surface area contributed by atoms with Gasteiger partial charge in [-0.1, -0.05) is 60.8 Å². The fourth-order valence-electron chi connectivity index (χ4n) is 6.06. The molecule has 0 aromatic heterocycles. The molecule has 15 heteroatoms. The number of nitrogens with zero attached hydrogens (tertiary/aromatic N) is 1. The quantitative estimate of drug-likeness (QED) is 0.0825. The molecule has 302 valence electrons. The van der Waals surface area contributed by atoms with E-state index in [4.69, 9.17) is 42.1 Å². The molecule has 3 aromatic rings. The Morgan fingerprint density at radius 3 is 2.22 bits per heavy atom. The van der Waals surface area contributed by atoms with Gasteiger partial charge >= 0.3 is 6.03 Å². The Labute approximate surface area is 335 Å². The lowest BCUT2D eigenvalue weighted by molar-refractivity contribution is -0.118. The van der Waals surface area contributed by atoms with Gasteiger partial charge in [-0.2, -0.15) is 0 Å². The van der Waals surface area contributed by atoms with E-state index in [1.54, 1.807) is 36.4 Å². The van der Waals surface area contributed by atoms with Gasteiger partial charge in [0.25, 0.3) is 0 Å². The van der Waals surface area contributed by atoms with Crippen molar-refractivity contribution < 1.29 is 37.0 Å². The van der Waals surface area contributed by atoms with Gasteiger partial charge in [0.2, 0.25) is 10.0 Å². The summed E-state index contributed by atoms with van der Waals surface area (Å²) in [5.41, 5.74) is 4.37. The molecule has 1 aliphatic heterocycles. The lowest BCUT2D eigenvalue weighted by atomic mass is 9.85. The zero-order chi connectivity index (χ0) is 39.5. The molecule has 0 fully saturated rings. The average molecular weight is 822 g/mol. The normalized spacial score (nSPS) is 14.4. The maximum absolute atomic E-state index is 13.1. The van der Waals surface area contributed by atoms with Crippen molar-refractivity contribution in [3.8, 4) is 0 Å². The SMILES string of the molecule is CCCCOCCOCCNC(=O)Nc1ccc(CC(=O)CCCOCCOCCNS(=O)(=O)c2cccc([C@@H]3CN(C)Cc4c(Cl)cc(Cl)cc43)c2)cc1. The molecule has 4 rings (SSSR count). The van der Waals surface area contributed by atoms with Gasteiger partial charge in [-0.05, 0) is 78.5 Å². The standard InChI is InChI=1S/C40H54Cl2N4O8S/c1-3-4-16-51-20-22-53-18-14-43-40(48)45-33-12-10-30(11-13-33)24-34(47)8-6-17-52-21-23-54-19-15-44-55(49,50)35-9-5-7-31(25-35)37-28-46(2)29-38-36(37)26-32(41)27-39(38)42/h5,7,9-13,25-27,37,44H,3-4,6,8,14-24,28-29H2,1-2H3,(H2,43,45,48)/t37-/m0/s1. The Hall–Kier alpha value is -3.11. The van der Waals surface area contributed by atoms with Gasteiger partial charge in [-0.25, -0.2) is 17.9 Å². The van der Waals surface area contributed by atoms with Crippen LogP contribution in [0.5, 0.6) is 0 Å². The highest BCUT2D eigenvalue weighted by Gasteiger charge is 2.28. The van der Waals surface area contributed by atoms with E-state index in [1.807, 2.05) is 31.3 Å². The number of ketones is 1. The van der Waals surface area contributed by atoms with Crippen molar-refractivity contribution in [2.24, 2.45) is 0 Å². The van der Waals surface area contributed by atoms with Crippen LogP contribution in [0.4, 0.5) is 10.5 Å². The summed E-state index contributed by atoms with van der Waals surface area (Å²) in [6, 6.07) is 17.5. The van der Waals surface area contributed by atoms with E-state index in [2.05, 4.69) is 27.2 Å². The topological polar surface area (TPSA) is 145 Å². The average Bonchev–Trinajstić information content (AvgIpc) is 3.15. The number of fused-ring (bicyclic) bond motifs is 1. The summed E-state index contributed by atoms with van der Waals surface area (Å²) in [7, 11) is -1.76. The second kappa shape index (κ2) is 23.8. The summed E-state index contributed by atoms with van der Waals surface area (Å²) in [5.74, 6) is 0.0174. The van der Waals surface area contributed by atoms with Gasteiger partial charge in [0.1, 0.15) is 5.78 Å². The Kier molecular flexibility index (Phi) is 19.3. The van der Waals surface area contributed by atoms with E-state index in [0.29, 0.717) is 94.3 Å². The number of rotatable bonds is 25. The third kappa shape index (κ3) is 15.7. The van der Waals surface area contributed by atoms with Crippen molar-refractivity contribution in [3.63, 3.8) is 0 Å². The molecule has 0 unspecified atom stereocenters. The highest BCUT2D eigenvalue weighted by Crippen LogP contribution is 2.38. The van der Waals surface area contributed by atoms with Gasteiger partial charge in [0.15, 0.2) is 0 Å². The maximum Gasteiger partial charge on any atom is 0.319 e. The molecule has 12 nitrogen and oxygen atoms in total. The number of hydrogen-bond donors (Lipinski definition) is 3. The largest absolute Gasteiger partial charge is 0.379 e. The number of urea groups is 1. The van der Waals surface area contributed by atoms with Gasteiger partial charge < -0.3 is 34.5 Å². The zero-order valence-corrected chi connectivity index (χ0v) is 34.1. The second-order valence-electron chi connectivity index (χ2n) is 13.4. The van der Waals surface area contributed by atoms with Crippen LogP contribution < -0.4 is 15.4 Å². The molecular formula is C40H54Cl2N4O8S. The lowest BCUT2D eigenvalue weighted by Gasteiger charge is -2.33. The minimum absolute atomic E-state index is 0.0767. The van der Waals surface area contributed by atoms with E-state index >= 15 is 0 Å². The van der Waals surface area contributed by atoms with Gasteiger partial charge in [0.05, 0.1) is 44.5 Å². The van der Waals surface area contributed by atoms with Crippen molar-refractivity contribution in [1.29, 1.82) is 0 Å². The molecule has 55 heavy (non-hydrogen) atoms. The highest BCUT2D eigenvalue weighted by atomic mass is 35.5. The number of hydrogen-bond acceptors (Lipinski definition) is 9. The molecule has 1 heterocycles. The molecule has 0 bridgehead atoms. The first-order chi connectivity index (χ1) is 26.6. The molecule has 0 spiro atoms. The first kappa shape index (κ1) is 44.6. The minimum atomic E-state index is -3.76. The third-order valence-corrected chi connectivity index (χ3v) is 10.9. The first-order valence-electron chi connectivity index (χ1n) is 18.8. The second-order valence-corrected chi connectivity index (χ2v) is 16.0. The number of nitrogens with one attached hydrogen (secondary N) is 3. The van der Waals surface area contributed by atoms with Crippen LogP contribution in [0.1, 0.15) is 60.8 Å². The molecule has 2 amide bonds. The van der Waals surface area contributed by atoms with Gasteiger partial charge in [-0.3, -0.25) is 4.79 Å². The molecule has 1 atom stereocenters. The number of carbonyl (C=O) groups is 2. The number of unbranched alkanes of at least 4 members (excludes halogenated alkanes) is 1. The number of benzene rings is 3. The maximum atomic E-state index is 13.1. The van der Waals surface area contributed by atoms with Crippen LogP contribution in [0.15, 0.2) is 65.6 Å². The lowest BCUT2D eigenvalue weighted by Crippen LogP contribution is -2.31. The Morgan fingerprint density at radius 2 is 1.51 bits per heavy atom. The van der Waals surface area contributed by atoms with Crippen LogP contribution >= 0.6 is 23.2 Å². The number of carbonyl (C=O) groups excluding carboxylic acids is 2. The number of sulfonamides is 1. The molecule has 0 saturated heterocycles. The molecule has 0 saturated carbocycles. The van der Waals surface area contributed by atoms with E-state index in [0.717, 1.165) is 41.7 Å². The summed E-state index contributed by atoms with van der Waals surface area (Å²) in [5, 5.41) is 6.67. The summed E-state index contributed by atoms with van der Waals surface area (Å²) in [6.45, 7) is 7.40. The summed E-state index contributed by atoms with van der Waals surface area (Å²) >= 11 is 12.8. The van der Waals surface area contributed by atoms with Crippen molar-refractivity contribution >= 4 is 50.7 Å². The number of amides is 2. The third-order valence-electron chi connectivity index (χ3n) is 8.88. The molecular weight excluding hydrogens is 767 g/mol. The Balaban J connectivity index is 1.04. The molecule has 1 aliphatic rings. The molecule has 3 aromatic carbocycles. The zero-order valence-electron chi connectivity index (χ0n) is 31.7. The fraction of sp³-hybridized carbons (Fsp3) is 0.500. The minimum Gasteiger partial charge on any atom is -0.379 e. The predicted molar refractivity (Wildman–Crippen MR) is 216 cm³/mol. The summed E-state index contributed by atoms with van der Waals surface area (Å²) in [6.07, 6.45) is 3.39. The van der Waals surface area contributed by atoms with Crippen LogP contribution in [-0.2, 0) is 46.7 Å². The summed E-state index contributed by atoms with van der Waals surface area (Å²) < 4.78 is 50.8. The summed E-state index contributed by atoms with van der Waals surface area (Å²) in [4.78, 5) is 26.9. The fourth-order valence-corrected chi connectivity index (χ4v) is 7.69. The van der Waals surface area contributed by atoms with Crippen molar-refractivity contribution in [1.82, 2.24) is 14.9 Å². The van der Waals surface area contributed by atoms with Crippen LogP contribution in [-0.4, -0.2) is 105 Å². The number of ether oxygens (including phenoxy) is 4. The highest BCUT2D eigenvalue weighted by molar-refractivity contribution is 7.89. The van der Waals surface area contributed by atoms with Crippen LogP contribution in [0, 0.1) is 0 Å². The molecule has 3 N–H and O–H groups in total. The smallest absolute Gasteiger partial charge is 0.319 e. The van der Waals surface area contributed by atoms with E-state index < -0.39 is 10.0 Å². The van der Waals surface area contributed by atoms with E-state index in [-0.39, 0.29) is 35.8 Å². The van der Waals surface area contributed by atoms with Crippen LogP contribution in [0.2, 0.25) is 10.0 Å². The van der Waals surface area contributed by atoms with Crippen molar-refractivity contribution in [2.75, 3.05) is 84.9 Å². The van der Waals surface area contributed by atoms with Crippen molar-refractivity contribution in [2.45, 2.75) is 56.4 Å². The van der Waals surface area contributed by atoms with E-state index in [9.17, 15) is 18.0 Å². The number of anilines is 1. The van der Waals surface area contributed by atoms with Crippen LogP contribution in [0.25, 0.3) is 0 Å². The number of Topliss-reactive ketones (excluding diaryl/α,β-unsaturated/α-hetero) is 1. The number of likely N-dealkylation sites (N-methyl/N-ethyl adjacent to an activating group) is 1. The first-order valence-corrected chi connectivity index (χ1v) is 21.0. The number of halogens is 2. The molecule has 0 radical (unpaired) electrons. The van der Waals surface area contributed by atoms with Crippen LogP contribution in [0.3, 0.4) is 0 Å². The Morgan fingerprint density at radius 1 is 0.836 bits per heavy atom. The van der Waals surface area contributed by atoms with Gasteiger partial charge in [-0.15, -0.1) is 0 Å². The monoisotopic (exact) mass is 820 g/mol. The molecule has 0 aliphatic carbocycles. The van der Waals surface area contributed by atoms with Gasteiger partial charge in [0, 0.05) is 73.9 Å². The van der Waals surface area contributed by atoms with E-state index in [1.165, 1.54) is 0 Å².